The molecular weight excluding hydrogens is 530 g/mol. The van der Waals surface area contributed by atoms with Gasteiger partial charge in [0.1, 0.15) is 5.75 Å². The van der Waals surface area contributed by atoms with Crippen molar-refractivity contribution >= 4 is 17.5 Å². The molecule has 0 spiro atoms. The predicted octanol–water partition coefficient (Wildman–Crippen LogP) is 7.07. The van der Waals surface area contributed by atoms with Crippen LogP contribution in [0.15, 0.2) is 72.9 Å². The molecule has 2 aromatic carbocycles. The molecule has 0 saturated carbocycles. The lowest BCUT2D eigenvalue weighted by molar-refractivity contribution is 0.0651. The van der Waals surface area contributed by atoms with Gasteiger partial charge in [-0.2, -0.15) is 0 Å². The second kappa shape index (κ2) is 17.0. The molecular formula is C34H45N3O5. The summed E-state index contributed by atoms with van der Waals surface area (Å²) in [4.78, 5) is 27.9. The molecule has 4 rings (SSSR count). The van der Waals surface area contributed by atoms with Gasteiger partial charge < -0.3 is 29.5 Å². The summed E-state index contributed by atoms with van der Waals surface area (Å²) in [6.45, 7) is 20.2. The number of pyridine rings is 1. The lowest BCUT2D eigenvalue weighted by Gasteiger charge is -2.13. The Morgan fingerprint density at radius 2 is 1.05 bits per heavy atom. The van der Waals surface area contributed by atoms with Crippen LogP contribution in [0, 0.1) is 0 Å². The van der Waals surface area contributed by atoms with Gasteiger partial charge in [0, 0.05) is 6.20 Å². The van der Waals surface area contributed by atoms with Crippen LogP contribution in [0.1, 0.15) is 62.3 Å². The maximum absolute atomic E-state index is 11.6. The highest BCUT2D eigenvalue weighted by Crippen LogP contribution is 2.44. The fourth-order valence-corrected chi connectivity index (χ4v) is 4.73. The minimum atomic E-state index is -1.37. The summed E-state index contributed by atoms with van der Waals surface area (Å²) >= 11 is 0. The second-order valence-corrected chi connectivity index (χ2v) is 9.51. The number of nitrogens with zero attached hydrogens (tertiary/aromatic N) is 3. The van der Waals surface area contributed by atoms with Gasteiger partial charge in [-0.25, -0.2) is 9.59 Å². The molecule has 0 saturated heterocycles. The highest BCUT2D eigenvalue weighted by molar-refractivity contribution is 6.04. The van der Waals surface area contributed by atoms with E-state index in [0.29, 0.717) is 11.3 Å². The molecule has 8 heteroatoms. The van der Waals surface area contributed by atoms with Crippen molar-refractivity contribution in [2.75, 3.05) is 39.3 Å². The molecule has 226 valence electrons. The fraction of sp³-hybridized carbons (Fsp3) is 0.353. The number of carboxylic acids is 2. The average Bonchev–Trinajstić information content (AvgIpc) is 3.31. The standard InChI is InChI=1S/C22H15NO5.2C6H15N/c24-20-17-11-15(21(25)26)16(22(27)28)12-23(17)19(14-9-5-2-6-10-14)18(20)13-7-3-1-4-8-13;2*1-4-7(5-2)6-3/h1-12,24H,(H,25,26)(H,27,28);2*4-6H2,1-3H3. The fourth-order valence-electron chi connectivity index (χ4n) is 4.73. The molecule has 0 unspecified atom stereocenters. The number of fused-ring (bicyclic) bond motifs is 1. The quantitative estimate of drug-likeness (QED) is 0.186. The van der Waals surface area contributed by atoms with Crippen molar-refractivity contribution in [3.05, 3.63) is 84.1 Å². The Balaban J connectivity index is 0.000000367. The van der Waals surface area contributed by atoms with Crippen molar-refractivity contribution in [2.24, 2.45) is 0 Å². The molecule has 0 bridgehead atoms. The zero-order valence-corrected chi connectivity index (χ0v) is 25.7. The van der Waals surface area contributed by atoms with Crippen LogP contribution in [-0.4, -0.2) is 80.7 Å². The van der Waals surface area contributed by atoms with Crippen LogP contribution in [0.25, 0.3) is 27.9 Å². The lowest BCUT2D eigenvalue weighted by atomic mass is 10.0. The third-order valence-electron chi connectivity index (χ3n) is 7.30. The molecule has 0 aliphatic rings. The first-order valence-electron chi connectivity index (χ1n) is 14.6. The minimum Gasteiger partial charge on any atom is -0.505 e. The van der Waals surface area contributed by atoms with Crippen molar-refractivity contribution in [2.45, 2.75) is 41.5 Å². The number of hydrogen-bond donors (Lipinski definition) is 3. The Bertz CT molecular complexity index is 1390. The van der Waals surface area contributed by atoms with Crippen LogP contribution in [-0.2, 0) is 0 Å². The zero-order valence-electron chi connectivity index (χ0n) is 25.7. The summed E-state index contributed by atoms with van der Waals surface area (Å²) in [5, 5.41) is 29.9. The Labute approximate surface area is 249 Å². The third kappa shape index (κ3) is 8.44. The van der Waals surface area contributed by atoms with E-state index in [1.54, 1.807) is 0 Å². The van der Waals surface area contributed by atoms with E-state index in [0.717, 1.165) is 11.1 Å². The number of aromatic hydroxyl groups is 1. The van der Waals surface area contributed by atoms with E-state index < -0.39 is 11.9 Å². The van der Waals surface area contributed by atoms with Gasteiger partial charge in [0.05, 0.1) is 27.9 Å². The first-order valence-corrected chi connectivity index (χ1v) is 14.6. The van der Waals surface area contributed by atoms with E-state index in [2.05, 4.69) is 51.3 Å². The molecule has 0 atom stereocenters. The van der Waals surface area contributed by atoms with Gasteiger partial charge in [-0.1, -0.05) is 102 Å². The summed E-state index contributed by atoms with van der Waals surface area (Å²) in [6, 6.07) is 19.6. The Morgan fingerprint density at radius 1 is 0.643 bits per heavy atom. The van der Waals surface area contributed by atoms with E-state index in [4.69, 9.17) is 0 Å². The van der Waals surface area contributed by atoms with E-state index in [1.807, 2.05) is 60.7 Å². The van der Waals surface area contributed by atoms with Gasteiger partial charge in [-0.15, -0.1) is 0 Å². The zero-order chi connectivity index (χ0) is 31.2. The number of rotatable bonds is 10. The van der Waals surface area contributed by atoms with Crippen LogP contribution in [0.4, 0.5) is 0 Å². The van der Waals surface area contributed by atoms with Gasteiger partial charge in [0.25, 0.3) is 0 Å². The maximum Gasteiger partial charge on any atom is 0.338 e. The molecule has 3 N–H and O–H groups in total. The van der Waals surface area contributed by atoms with E-state index >= 15 is 0 Å². The summed E-state index contributed by atoms with van der Waals surface area (Å²) in [6.07, 6.45) is 1.25. The van der Waals surface area contributed by atoms with Crippen molar-refractivity contribution < 1.29 is 24.9 Å². The average molecular weight is 576 g/mol. The Morgan fingerprint density at radius 3 is 1.40 bits per heavy atom. The molecule has 0 aliphatic carbocycles. The highest BCUT2D eigenvalue weighted by atomic mass is 16.4. The minimum absolute atomic E-state index is 0.107. The number of aromatic nitrogens is 1. The molecule has 4 aromatic rings. The number of carbonyl (C=O) groups is 2. The SMILES string of the molecule is CCN(CC)CC.CCN(CC)CC.O=C(O)c1cc2c(O)c(-c3ccccc3)c(-c3ccccc3)n2cc1C(=O)O. The molecule has 0 aliphatic heterocycles. The lowest BCUT2D eigenvalue weighted by Crippen LogP contribution is -2.21. The van der Waals surface area contributed by atoms with Gasteiger partial charge in [-0.05, 0) is 56.5 Å². The first kappa shape index (κ1) is 34.1. The van der Waals surface area contributed by atoms with Crippen molar-refractivity contribution in [3.63, 3.8) is 0 Å². The third-order valence-corrected chi connectivity index (χ3v) is 7.30. The summed E-state index contributed by atoms with van der Waals surface area (Å²) < 4.78 is 1.53. The first-order chi connectivity index (χ1) is 20.2. The topological polar surface area (TPSA) is 106 Å². The Kier molecular flexibility index (Phi) is 13.8. The van der Waals surface area contributed by atoms with Crippen LogP contribution in [0.5, 0.6) is 5.75 Å². The van der Waals surface area contributed by atoms with Crippen molar-refractivity contribution in [1.82, 2.24) is 14.2 Å². The summed E-state index contributed by atoms with van der Waals surface area (Å²) in [5.41, 5.74) is 2.07. The van der Waals surface area contributed by atoms with Crippen LogP contribution >= 0.6 is 0 Å². The molecule has 0 amide bonds. The molecule has 8 nitrogen and oxygen atoms in total. The normalized spacial score (nSPS) is 10.7. The monoisotopic (exact) mass is 575 g/mol. The van der Waals surface area contributed by atoms with Crippen LogP contribution < -0.4 is 0 Å². The molecule has 2 aromatic heterocycles. The van der Waals surface area contributed by atoms with Crippen LogP contribution in [0.2, 0.25) is 0 Å². The van der Waals surface area contributed by atoms with Gasteiger partial charge >= 0.3 is 11.9 Å². The highest BCUT2D eigenvalue weighted by Gasteiger charge is 2.25. The largest absolute Gasteiger partial charge is 0.505 e. The number of carboxylic acid groups (broad SMARTS) is 2. The summed E-state index contributed by atoms with van der Waals surface area (Å²) in [7, 11) is 0. The summed E-state index contributed by atoms with van der Waals surface area (Å²) in [5.74, 6) is -2.83. The van der Waals surface area contributed by atoms with E-state index in [9.17, 15) is 24.9 Å². The molecule has 2 heterocycles. The van der Waals surface area contributed by atoms with Gasteiger partial charge in [0.2, 0.25) is 0 Å². The van der Waals surface area contributed by atoms with E-state index in [-0.39, 0.29) is 22.4 Å². The number of hydrogen-bond acceptors (Lipinski definition) is 5. The second-order valence-electron chi connectivity index (χ2n) is 9.51. The molecule has 0 radical (unpaired) electrons. The predicted molar refractivity (Wildman–Crippen MR) is 171 cm³/mol. The number of benzene rings is 2. The van der Waals surface area contributed by atoms with Crippen LogP contribution in [0.3, 0.4) is 0 Å². The maximum atomic E-state index is 11.6. The molecule has 0 fully saturated rings. The Hall–Kier alpha value is -4.14. The van der Waals surface area contributed by atoms with Crippen molar-refractivity contribution in [3.8, 4) is 28.1 Å². The van der Waals surface area contributed by atoms with Crippen molar-refractivity contribution in [1.29, 1.82) is 0 Å². The van der Waals surface area contributed by atoms with Gasteiger partial charge in [-0.3, -0.25) is 0 Å². The molecule has 42 heavy (non-hydrogen) atoms. The smallest absolute Gasteiger partial charge is 0.338 e. The van der Waals surface area contributed by atoms with E-state index in [1.165, 1.54) is 55.9 Å². The van der Waals surface area contributed by atoms with Gasteiger partial charge in [0.15, 0.2) is 0 Å². The number of aromatic carboxylic acids is 2.